The summed E-state index contributed by atoms with van der Waals surface area (Å²) < 4.78 is 8.98. The van der Waals surface area contributed by atoms with E-state index in [-0.39, 0.29) is 12.6 Å². The molecule has 1 fully saturated rings. The van der Waals surface area contributed by atoms with Crippen LogP contribution in [0.3, 0.4) is 0 Å². The third kappa shape index (κ3) is 3.86. The average molecular weight is 394 g/mol. The number of pyridine rings is 1. The Morgan fingerprint density at radius 1 is 1.31 bits per heavy atom. The van der Waals surface area contributed by atoms with Crippen LogP contribution in [0.4, 0.5) is 4.79 Å². The SMILES string of the molecule is N#Cc1c(COc2ccc(-n3ccnn3)cn2)cnn1C1CCN(C(=O)O)CC1. The number of aromatic nitrogens is 6. The van der Waals surface area contributed by atoms with Gasteiger partial charge in [0.2, 0.25) is 5.88 Å². The van der Waals surface area contributed by atoms with E-state index in [2.05, 4.69) is 26.5 Å². The highest BCUT2D eigenvalue weighted by atomic mass is 16.5. The normalized spacial score (nSPS) is 14.5. The molecular weight excluding hydrogens is 376 g/mol. The molecule has 0 atom stereocenters. The zero-order valence-corrected chi connectivity index (χ0v) is 15.4. The maximum atomic E-state index is 11.1. The Balaban J connectivity index is 1.41. The van der Waals surface area contributed by atoms with E-state index in [4.69, 9.17) is 9.84 Å². The molecule has 4 heterocycles. The van der Waals surface area contributed by atoms with Crippen molar-refractivity contribution in [2.45, 2.75) is 25.5 Å². The second kappa shape index (κ2) is 7.97. The van der Waals surface area contributed by atoms with Gasteiger partial charge in [0.25, 0.3) is 0 Å². The third-order valence-electron chi connectivity index (χ3n) is 4.84. The highest BCUT2D eigenvalue weighted by Crippen LogP contribution is 2.25. The molecule has 0 aliphatic carbocycles. The summed E-state index contributed by atoms with van der Waals surface area (Å²) in [5.41, 5.74) is 1.85. The van der Waals surface area contributed by atoms with Crippen LogP contribution in [-0.2, 0) is 6.61 Å². The molecule has 4 rings (SSSR count). The zero-order chi connectivity index (χ0) is 20.2. The van der Waals surface area contributed by atoms with E-state index >= 15 is 0 Å². The first-order valence-electron chi connectivity index (χ1n) is 9.05. The number of hydrogen-bond donors (Lipinski definition) is 1. The topological polar surface area (TPSA) is 135 Å². The van der Waals surface area contributed by atoms with Crippen molar-refractivity contribution in [1.29, 1.82) is 5.26 Å². The van der Waals surface area contributed by atoms with Crippen molar-refractivity contribution < 1.29 is 14.6 Å². The molecule has 1 saturated heterocycles. The van der Waals surface area contributed by atoms with Gasteiger partial charge in [-0.3, -0.25) is 4.68 Å². The Morgan fingerprint density at radius 3 is 2.76 bits per heavy atom. The van der Waals surface area contributed by atoms with Gasteiger partial charge < -0.3 is 14.7 Å². The van der Waals surface area contributed by atoms with Crippen molar-refractivity contribution in [2.75, 3.05) is 13.1 Å². The molecule has 0 spiro atoms. The van der Waals surface area contributed by atoms with Crippen LogP contribution >= 0.6 is 0 Å². The van der Waals surface area contributed by atoms with Crippen molar-refractivity contribution in [3.8, 4) is 17.6 Å². The summed E-state index contributed by atoms with van der Waals surface area (Å²) in [6.07, 6.45) is 6.85. The van der Waals surface area contributed by atoms with E-state index < -0.39 is 6.09 Å². The van der Waals surface area contributed by atoms with Crippen molar-refractivity contribution in [3.63, 3.8) is 0 Å². The van der Waals surface area contributed by atoms with Gasteiger partial charge in [-0.05, 0) is 18.9 Å². The first-order chi connectivity index (χ1) is 14.2. The molecule has 3 aromatic heterocycles. The van der Waals surface area contributed by atoms with Crippen LogP contribution in [0.25, 0.3) is 5.69 Å². The Morgan fingerprint density at radius 2 is 2.14 bits per heavy atom. The van der Waals surface area contributed by atoms with Crippen molar-refractivity contribution in [3.05, 3.63) is 48.2 Å². The summed E-state index contributed by atoms with van der Waals surface area (Å²) in [6, 6.07) is 5.71. The van der Waals surface area contributed by atoms with E-state index in [0.717, 1.165) is 5.69 Å². The molecule has 0 bridgehead atoms. The number of nitrogens with zero attached hydrogens (tertiary/aromatic N) is 8. The van der Waals surface area contributed by atoms with Crippen LogP contribution in [0, 0.1) is 11.3 Å². The van der Waals surface area contributed by atoms with Gasteiger partial charge in [-0.25, -0.2) is 14.5 Å². The number of piperidine rings is 1. The summed E-state index contributed by atoms with van der Waals surface area (Å²) in [4.78, 5) is 16.7. The van der Waals surface area contributed by atoms with Gasteiger partial charge in [0, 0.05) is 24.7 Å². The molecule has 0 unspecified atom stereocenters. The van der Waals surface area contributed by atoms with Crippen LogP contribution in [0.5, 0.6) is 5.88 Å². The molecule has 11 heteroatoms. The number of likely N-dealkylation sites (tertiary alicyclic amines) is 1. The van der Waals surface area contributed by atoms with Crippen molar-refractivity contribution in [1.82, 2.24) is 34.7 Å². The van der Waals surface area contributed by atoms with Crippen LogP contribution in [-0.4, -0.2) is 58.9 Å². The summed E-state index contributed by atoms with van der Waals surface area (Å²) in [6.45, 7) is 1.02. The van der Waals surface area contributed by atoms with Crippen molar-refractivity contribution >= 4 is 6.09 Å². The van der Waals surface area contributed by atoms with Crippen LogP contribution in [0.15, 0.2) is 36.9 Å². The third-order valence-corrected chi connectivity index (χ3v) is 4.84. The second-order valence-electron chi connectivity index (χ2n) is 6.57. The fraction of sp³-hybridized carbons (Fsp3) is 0.333. The summed E-state index contributed by atoms with van der Waals surface area (Å²) >= 11 is 0. The smallest absolute Gasteiger partial charge is 0.407 e. The van der Waals surface area contributed by atoms with Gasteiger partial charge in [-0.2, -0.15) is 10.4 Å². The van der Waals surface area contributed by atoms with Crippen molar-refractivity contribution in [2.24, 2.45) is 0 Å². The minimum absolute atomic E-state index is 0.00547. The zero-order valence-electron chi connectivity index (χ0n) is 15.4. The molecule has 1 aliphatic rings. The molecule has 1 aliphatic heterocycles. The molecule has 0 saturated carbocycles. The molecular formula is C18H18N8O3. The van der Waals surface area contributed by atoms with Gasteiger partial charge >= 0.3 is 6.09 Å². The van der Waals surface area contributed by atoms with Gasteiger partial charge in [-0.1, -0.05) is 5.21 Å². The Kier molecular flexibility index (Phi) is 5.07. The lowest BCUT2D eigenvalue weighted by molar-refractivity contribution is 0.123. The quantitative estimate of drug-likeness (QED) is 0.690. The molecule has 29 heavy (non-hydrogen) atoms. The molecule has 0 aromatic carbocycles. The molecule has 1 amide bonds. The minimum Gasteiger partial charge on any atom is -0.473 e. The van der Waals surface area contributed by atoms with Crippen LogP contribution < -0.4 is 4.74 Å². The average Bonchev–Trinajstić information content (AvgIpc) is 3.42. The number of nitriles is 1. The number of rotatable bonds is 5. The van der Waals surface area contributed by atoms with E-state index in [1.165, 1.54) is 4.90 Å². The summed E-state index contributed by atoms with van der Waals surface area (Å²) in [5.74, 6) is 0.417. The highest BCUT2D eigenvalue weighted by Gasteiger charge is 2.26. The summed E-state index contributed by atoms with van der Waals surface area (Å²) in [5, 5.41) is 30.7. The van der Waals surface area contributed by atoms with Crippen LogP contribution in [0.1, 0.15) is 30.1 Å². The number of amides is 1. The molecule has 148 valence electrons. The monoisotopic (exact) mass is 394 g/mol. The van der Waals surface area contributed by atoms with Gasteiger partial charge in [0.1, 0.15) is 18.4 Å². The lowest BCUT2D eigenvalue weighted by atomic mass is 10.1. The van der Waals surface area contributed by atoms with E-state index in [1.54, 1.807) is 40.2 Å². The maximum Gasteiger partial charge on any atom is 0.407 e. The van der Waals surface area contributed by atoms with Gasteiger partial charge in [0.15, 0.2) is 0 Å². The largest absolute Gasteiger partial charge is 0.473 e. The first kappa shape index (κ1) is 18.4. The van der Waals surface area contributed by atoms with Gasteiger partial charge in [0.05, 0.1) is 36.5 Å². The lowest BCUT2D eigenvalue weighted by Crippen LogP contribution is -2.38. The molecule has 3 aromatic rings. The highest BCUT2D eigenvalue weighted by molar-refractivity contribution is 5.65. The predicted molar refractivity (Wildman–Crippen MR) is 98.3 cm³/mol. The Hall–Kier alpha value is -3.94. The fourth-order valence-electron chi connectivity index (χ4n) is 3.30. The maximum absolute atomic E-state index is 11.1. The van der Waals surface area contributed by atoms with Crippen LogP contribution in [0.2, 0.25) is 0 Å². The molecule has 1 N–H and O–H groups in total. The predicted octanol–water partition coefficient (Wildman–Crippen LogP) is 1.62. The lowest BCUT2D eigenvalue weighted by Gasteiger charge is -2.30. The van der Waals surface area contributed by atoms with E-state index in [1.807, 2.05) is 6.07 Å². The Bertz CT molecular complexity index is 1010. The number of carbonyl (C=O) groups is 1. The Labute approximate surface area is 165 Å². The first-order valence-corrected chi connectivity index (χ1v) is 9.05. The number of hydrogen-bond acceptors (Lipinski definition) is 7. The second-order valence-corrected chi connectivity index (χ2v) is 6.57. The number of carboxylic acid groups (broad SMARTS) is 1. The molecule has 0 radical (unpaired) electrons. The number of ether oxygens (including phenoxy) is 1. The molecule has 11 nitrogen and oxygen atoms in total. The summed E-state index contributed by atoms with van der Waals surface area (Å²) in [7, 11) is 0. The van der Waals surface area contributed by atoms with Gasteiger partial charge in [-0.15, -0.1) is 5.10 Å². The fourth-order valence-corrected chi connectivity index (χ4v) is 3.30. The van der Waals surface area contributed by atoms with E-state index in [0.29, 0.717) is 43.1 Å². The van der Waals surface area contributed by atoms with E-state index in [9.17, 15) is 10.1 Å². The minimum atomic E-state index is -0.916. The standard InChI is InChI=1S/C18H18N8O3/c19-9-16-13(10-22-26(16)14-3-6-24(7-4-14)18(27)28)12-29-17-2-1-15(11-20-17)25-8-5-21-23-25/h1-2,5,8,10-11,14H,3-4,6-7,12H2,(H,27,28).